The Hall–Kier alpha value is -0.824. The second-order valence-corrected chi connectivity index (χ2v) is 2.62. The van der Waals surface area contributed by atoms with Gasteiger partial charge in [0.25, 0.3) is 0 Å². The minimum absolute atomic E-state index is 0. The molecule has 0 aliphatic carbocycles. The summed E-state index contributed by atoms with van der Waals surface area (Å²) >= 11 is 0. The molecule has 0 fully saturated rings. The molecule has 16 heavy (non-hydrogen) atoms. The Morgan fingerprint density at radius 3 is 2.00 bits per heavy atom. The van der Waals surface area contributed by atoms with Crippen molar-refractivity contribution in [2.75, 3.05) is 6.61 Å². The zero-order valence-electron chi connectivity index (χ0n) is 8.26. The number of hydrogen-bond donors (Lipinski definition) is 2. The summed E-state index contributed by atoms with van der Waals surface area (Å²) in [7, 11) is 0. The second kappa shape index (κ2) is 6.69. The molecular weight excluding hydrogens is 361 g/mol. The molecule has 1 rings (SSSR count). The summed E-state index contributed by atoms with van der Waals surface area (Å²) in [6.45, 7) is 2.03. The monoisotopic (exact) mass is 370 g/mol. The third kappa shape index (κ3) is 3.97. The molecule has 0 unspecified atom stereocenters. The van der Waals surface area contributed by atoms with Crippen LogP contribution in [0.25, 0.3) is 0 Å². The molecule has 6 nitrogen and oxygen atoms in total. The van der Waals surface area contributed by atoms with E-state index >= 15 is 0 Å². The number of carbonyl (C=O) groups is 2. The maximum absolute atomic E-state index is 10.6. The van der Waals surface area contributed by atoms with Crippen LogP contribution in [0.5, 0.6) is 5.75 Å². The summed E-state index contributed by atoms with van der Waals surface area (Å²) in [5, 5.41) is 17.3. The van der Waals surface area contributed by atoms with Crippen LogP contribution in [-0.4, -0.2) is 33.7 Å². The Morgan fingerprint density at radius 1 is 1.25 bits per heavy atom. The number of aromatic carboxylic acids is 2. The molecule has 0 amide bonds. The first kappa shape index (κ1) is 15.2. The van der Waals surface area contributed by atoms with E-state index in [-0.39, 0.29) is 55.7 Å². The van der Waals surface area contributed by atoms with Crippen LogP contribution in [0.1, 0.15) is 27.9 Å². The molecule has 0 bridgehead atoms. The van der Waals surface area contributed by atoms with Crippen molar-refractivity contribution >= 4 is 11.9 Å². The molecule has 0 saturated heterocycles. The Bertz CT molecular complexity index is 375. The largest absolute Gasteiger partial charge is 0.494 e. The number of pyridine rings is 1. The van der Waals surface area contributed by atoms with Crippen molar-refractivity contribution in [3.63, 3.8) is 0 Å². The fraction of sp³-hybridized carbons (Fsp3) is 0.222. The van der Waals surface area contributed by atoms with Gasteiger partial charge in [0.15, 0.2) is 11.4 Å². The third-order valence-corrected chi connectivity index (χ3v) is 1.55. The van der Waals surface area contributed by atoms with Crippen LogP contribution in [0.15, 0.2) is 12.1 Å². The van der Waals surface area contributed by atoms with Gasteiger partial charge in [0.2, 0.25) is 0 Å². The summed E-state index contributed by atoms with van der Waals surface area (Å²) in [5.74, 6) is -2.40. The van der Waals surface area contributed by atoms with Gasteiger partial charge >= 0.3 is 11.9 Å². The normalized spacial score (nSPS) is 9.06. The number of carboxylic acids is 2. The van der Waals surface area contributed by atoms with Gasteiger partial charge in [0.05, 0.1) is 6.61 Å². The molecule has 0 aromatic carbocycles. The molecule has 89 valence electrons. The fourth-order valence-corrected chi connectivity index (χ4v) is 0.975. The van der Waals surface area contributed by atoms with E-state index in [1.807, 2.05) is 0 Å². The maximum atomic E-state index is 10.6. The number of hydrogen-bond acceptors (Lipinski definition) is 4. The minimum Gasteiger partial charge on any atom is -0.494 e. The quantitative estimate of drug-likeness (QED) is 0.817. The number of ether oxygens (including phenoxy) is 1. The van der Waals surface area contributed by atoms with E-state index in [9.17, 15) is 9.59 Å². The van der Waals surface area contributed by atoms with Gasteiger partial charge in [-0.15, -0.1) is 0 Å². The smallest absolute Gasteiger partial charge is 0.354 e. The molecule has 1 aromatic rings. The molecule has 7 heteroatoms. The van der Waals surface area contributed by atoms with E-state index in [4.69, 9.17) is 14.9 Å². The van der Waals surface area contributed by atoms with E-state index < -0.39 is 11.9 Å². The van der Waals surface area contributed by atoms with Crippen molar-refractivity contribution in [3.8, 4) is 5.75 Å². The van der Waals surface area contributed by atoms with Gasteiger partial charge in [-0.05, 0) is 6.92 Å². The first-order valence-electron chi connectivity index (χ1n) is 4.16. The van der Waals surface area contributed by atoms with Crippen LogP contribution in [0, 0.1) is 38.6 Å². The van der Waals surface area contributed by atoms with Crippen LogP contribution >= 0.6 is 0 Å². The average molecular weight is 370 g/mol. The number of carboxylic acid groups (broad SMARTS) is 2. The summed E-state index contributed by atoms with van der Waals surface area (Å²) in [4.78, 5) is 24.7. The molecule has 0 spiro atoms. The maximum Gasteiger partial charge on any atom is 0.354 e. The van der Waals surface area contributed by atoms with Gasteiger partial charge in [-0.25, -0.2) is 14.6 Å². The molecule has 1 aromatic heterocycles. The predicted octanol–water partition coefficient (Wildman–Crippen LogP) is 0.877. The van der Waals surface area contributed by atoms with Crippen molar-refractivity contribution in [2.24, 2.45) is 0 Å². The first-order valence-corrected chi connectivity index (χ1v) is 4.16. The van der Waals surface area contributed by atoms with Crippen molar-refractivity contribution < 1.29 is 63.2 Å². The van der Waals surface area contributed by atoms with E-state index in [1.54, 1.807) is 6.92 Å². The summed E-state index contributed by atoms with van der Waals surface area (Å²) < 4.78 is 5.02. The third-order valence-electron chi connectivity index (χ3n) is 1.55. The topological polar surface area (TPSA) is 96.7 Å². The Morgan fingerprint density at radius 2 is 1.69 bits per heavy atom. The molecule has 1 heterocycles. The Kier molecular flexibility index (Phi) is 6.35. The van der Waals surface area contributed by atoms with Crippen molar-refractivity contribution in [2.45, 2.75) is 6.92 Å². The van der Waals surface area contributed by atoms with Crippen LogP contribution < -0.4 is 4.74 Å². The first-order chi connectivity index (χ1) is 7.04. The fourth-order valence-electron chi connectivity index (χ4n) is 0.975. The SMILES string of the molecule is CCOc1cc(C(=O)O)nc(C(=O)O)c1.[Tb]. The molecular formula is C9H9NO5Tb. The zero-order valence-corrected chi connectivity index (χ0v) is 10.4. The molecule has 0 saturated carbocycles. The summed E-state index contributed by atoms with van der Waals surface area (Å²) in [6, 6.07) is 2.36. The molecule has 0 aliphatic rings. The van der Waals surface area contributed by atoms with Crippen molar-refractivity contribution in [1.29, 1.82) is 0 Å². The summed E-state index contributed by atoms with van der Waals surface area (Å²) in [6.07, 6.45) is 0. The van der Waals surface area contributed by atoms with Gasteiger partial charge in [-0.1, -0.05) is 0 Å². The van der Waals surface area contributed by atoms with Gasteiger partial charge in [0.1, 0.15) is 5.75 Å². The van der Waals surface area contributed by atoms with Crippen molar-refractivity contribution in [3.05, 3.63) is 23.5 Å². The second-order valence-electron chi connectivity index (χ2n) is 2.62. The number of nitrogens with zero attached hydrogens (tertiary/aromatic N) is 1. The van der Waals surface area contributed by atoms with Gasteiger partial charge in [-0.2, -0.15) is 0 Å². The van der Waals surface area contributed by atoms with E-state index in [1.165, 1.54) is 12.1 Å². The van der Waals surface area contributed by atoms with Gasteiger partial charge in [-0.3, -0.25) is 0 Å². The molecule has 2 N–H and O–H groups in total. The Labute approximate surface area is 122 Å². The van der Waals surface area contributed by atoms with Crippen LogP contribution in [0.2, 0.25) is 0 Å². The molecule has 0 aliphatic heterocycles. The van der Waals surface area contributed by atoms with E-state index in [2.05, 4.69) is 4.98 Å². The zero-order chi connectivity index (χ0) is 11.4. The van der Waals surface area contributed by atoms with Gasteiger partial charge < -0.3 is 14.9 Å². The van der Waals surface area contributed by atoms with Crippen molar-refractivity contribution in [1.82, 2.24) is 4.98 Å². The average Bonchev–Trinajstić information content (AvgIpc) is 2.17. The van der Waals surface area contributed by atoms with Gasteiger partial charge in [0, 0.05) is 50.7 Å². The number of aromatic nitrogens is 1. The molecule has 1 radical (unpaired) electrons. The van der Waals surface area contributed by atoms with E-state index in [0.29, 0.717) is 6.61 Å². The standard InChI is InChI=1S/C9H9NO5.Tb/c1-2-15-5-3-6(8(11)12)10-7(4-5)9(13)14;/h3-4H,2H2,1H3,(H,11,12)(H,13,14);. The van der Waals surface area contributed by atoms with Crippen LogP contribution in [0.3, 0.4) is 0 Å². The van der Waals surface area contributed by atoms with E-state index in [0.717, 1.165) is 0 Å². The number of rotatable bonds is 4. The van der Waals surface area contributed by atoms with Crippen LogP contribution in [0.4, 0.5) is 0 Å². The Balaban J connectivity index is 0.00000225. The summed E-state index contributed by atoms with van der Waals surface area (Å²) in [5.41, 5.74) is -0.697. The van der Waals surface area contributed by atoms with Crippen LogP contribution in [-0.2, 0) is 0 Å². The minimum atomic E-state index is -1.29. The molecule has 0 atom stereocenters. The predicted molar refractivity (Wildman–Crippen MR) is 49.3 cm³/mol.